The third-order valence-corrected chi connectivity index (χ3v) is 5.50. The number of nitrogens with one attached hydrogen (secondary N) is 2. The van der Waals surface area contributed by atoms with E-state index in [9.17, 15) is 14.7 Å². The Hall–Kier alpha value is -2.13. The van der Waals surface area contributed by atoms with Crippen LogP contribution in [0.15, 0.2) is 4.52 Å². The molecule has 3 rings (SSSR count). The molecule has 3 atom stereocenters. The quantitative estimate of drug-likeness (QED) is 0.700. The molecule has 0 aromatic carbocycles. The molecule has 0 bridgehead atoms. The molecule has 2 fully saturated rings. The highest BCUT2D eigenvalue weighted by atomic mass is 16.5. The number of anilines is 1. The van der Waals surface area contributed by atoms with Gasteiger partial charge in [-0.15, -0.1) is 0 Å². The average Bonchev–Trinajstić information content (AvgIpc) is 3.01. The number of nitrogens with zero attached hydrogens (tertiary/aromatic N) is 2. The van der Waals surface area contributed by atoms with E-state index in [-0.39, 0.29) is 24.7 Å². The SMILES string of the molecule is Cc1noc(C)c1NC(=O)N[C@@H]1CC[C@@H](CC(=O)N2CCCCC2)O[C@@H]1CO. The van der Waals surface area contributed by atoms with Crippen molar-refractivity contribution >= 4 is 17.6 Å². The Balaban J connectivity index is 1.50. The molecule has 156 valence electrons. The van der Waals surface area contributed by atoms with Crippen molar-refractivity contribution in [1.29, 1.82) is 0 Å². The number of ether oxygens (including phenoxy) is 1. The molecule has 3 N–H and O–H groups in total. The number of aromatic nitrogens is 1. The number of aryl methyl sites for hydroxylation is 2. The van der Waals surface area contributed by atoms with Crippen LogP contribution in [0.25, 0.3) is 0 Å². The number of likely N-dealkylation sites (tertiary alicyclic amines) is 1. The normalized spacial score (nSPS) is 25.4. The molecule has 0 spiro atoms. The summed E-state index contributed by atoms with van der Waals surface area (Å²) < 4.78 is 11.0. The van der Waals surface area contributed by atoms with Gasteiger partial charge in [-0.1, -0.05) is 5.16 Å². The Morgan fingerprint density at radius 3 is 2.61 bits per heavy atom. The van der Waals surface area contributed by atoms with E-state index in [2.05, 4.69) is 15.8 Å². The van der Waals surface area contributed by atoms with Crippen LogP contribution in [-0.4, -0.2) is 65.0 Å². The molecule has 3 heterocycles. The van der Waals surface area contributed by atoms with Crippen molar-refractivity contribution in [1.82, 2.24) is 15.4 Å². The van der Waals surface area contributed by atoms with Gasteiger partial charge < -0.3 is 29.9 Å². The zero-order valence-corrected chi connectivity index (χ0v) is 16.6. The van der Waals surface area contributed by atoms with Crippen molar-refractivity contribution in [3.8, 4) is 0 Å². The fourth-order valence-electron chi connectivity index (χ4n) is 3.89. The molecule has 1 aromatic heterocycles. The number of carbonyl (C=O) groups is 2. The molecule has 0 saturated carbocycles. The van der Waals surface area contributed by atoms with Crippen LogP contribution in [0.1, 0.15) is 50.0 Å². The van der Waals surface area contributed by atoms with Gasteiger partial charge in [-0.05, 0) is 46.0 Å². The third kappa shape index (κ3) is 5.02. The fourth-order valence-corrected chi connectivity index (χ4v) is 3.89. The fraction of sp³-hybridized carbons (Fsp3) is 0.737. The maximum atomic E-state index is 12.5. The smallest absolute Gasteiger partial charge is 0.319 e. The molecule has 9 nitrogen and oxygen atoms in total. The summed E-state index contributed by atoms with van der Waals surface area (Å²) in [4.78, 5) is 26.7. The molecule has 28 heavy (non-hydrogen) atoms. The number of urea groups is 1. The van der Waals surface area contributed by atoms with E-state index in [1.807, 2.05) is 4.90 Å². The van der Waals surface area contributed by atoms with Crippen LogP contribution in [0.4, 0.5) is 10.5 Å². The summed E-state index contributed by atoms with van der Waals surface area (Å²) in [7, 11) is 0. The van der Waals surface area contributed by atoms with Crippen molar-refractivity contribution in [2.24, 2.45) is 0 Å². The van der Waals surface area contributed by atoms with E-state index in [1.54, 1.807) is 13.8 Å². The predicted molar refractivity (Wildman–Crippen MR) is 102 cm³/mol. The van der Waals surface area contributed by atoms with Crippen LogP contribution in [0.5, 0.6) is 0 Å². The van der Waals surface area contributed by atoms with Gasteiger partial charge in [0.15, 0.2) is 5.76 Å². The molecule has 0 radical (unpaired) electrons. The van der Waals surface area contributed by atoms with Crippen molar-refractivity contribution in [3.63, 3.8) is 0 Å². The second-order valence-electron chi connectivity index (χ2n) is 7.61. The van der Waals surface area contributed by atoms with Crippen LogP contribution in [0, 0.1) is 13.8 Å². The van der Waals surface area contributed by atoms with E-state index in [0.717, 1.165) is 25.9 Å². The van der Waals surface area contributed by atoms with E-state index < -0.39 is 12.1 Å². The van der Waals surface area contributed by atoms with Crippen LogP contribution in [-0.2, 0) is 9.53 Å². The number of hydrogen-bond acceptors (Lipinski definition) is 6. The van der Waals surface area contributed by atoms with Gasteiger partial charge in [0, 0.05) is 13.1 Å². The number of amides is 3. The minimum atomic E-state index is -0.539. The molecule has 0 unspecified atom stereocenters. The molecule has 1 aromatic rings. The minimum Gasteiger partial charge on any atom is -0.394 e. The van der Waals surface area contributed by atoms with Gasteiger partial charge in [0.2, 0.25) is 5.91 Å². The van der Waals surface area contributed by atoms with Gasteiger partial charge in [0.25, 0.3) is 0 Å². The maximum absolute atomic E-state index is 12.5. The van der Waals surface area contributed by atoms with Gasteiger partial charge >= 0.3 is 6.03 Å². The highest BCUT2D eigenvalue weighted by molar-refractivity contribution is 5.90. The van der Waals surface area contributed by atoms with E-state index in [1.165, 1.54) is 6.42 Å². The average molecular weight is 394 g/mol. The molecular weight excluding hydrogens is 364 g/mol. The Bertz CT molecular complexity index is 666. The number of carbonyl (C=O) groups excluding carboxylic acids is 2. The number of rotatable bonds is 5. The summed E-state index contributed by atoms with van der Waals surface area (Å²) in [6.07, 6.45) is 4.16. The summed E-state index contributed by atoms with van der Waals surface area (Å²) >= 11 is 0. The van der Waals surface area contributed by atoms with Crippen molar-refractivity contribution in [3.05, 3.63) is 11.5 Å². The number of piperidine rings is 1. The lowest BCUT2D eigenvalue weighted by Crippen LogP contribution is -2.52. The first-order valence-electron chi connectivity index (χ1n) is 10.0. The van der Waals surface area contributed by atoms with Gasteiger partial charge in [0.05, 0.1) is 25.2 Å². The van der Waals surface area contributed by atoms with Crippen molar-refractivity contribution in [2.75, 3.05) is 25.0 Å². The first-order valence-corrected chi connectivity index (χ1v) is 10.0. The third-order valence-electron chi connectivity index (χ3n) is 5.50. The maximum Gasteiger partial charge on any atom is 0.319 e. The Morgan fingerprint density at radius 1 is 1.21 bits per heavy atom. The molecule has 2 aliphatic heterocycles. The van der Waals surface area contributed by atoms with Crippen LogP contribution >= 0.6 is 0 Å². The lowest BCUT2D eigenvalue weighted by atomic mass is 9.96. The monoisotopic (exact) mass is 394 g/mol. The molecule has 0 aliphatic carbocycles. The lowest BCUT2D eigenvalue weighted by molar-refractivity contribution is -0.141. The zero-order valence-electron chi connectivity index (χ0n) is 16.6. The van der Waals surface area contributed by atoms with Crippen LogP contribution in [0.3, 0.4) is 0 Å². The highest BCUT2D eigenvalue weighted by Gasteiger charge is 2.34. The van der Waals surface area contributed by atoms with Gasteiger partial charge in [-0.3, -0.25) is 4.79 Å². The largest absolute Gasteiger partial charge is 0.394 e. The summed E-state index contributed by atoms with van der Waals surface area (Å²) in [5, 5.41) is 19.1. The number of hydrogen-bond donors (Lipinski definition) is 3. The van der Waals surface area contributed by atoms with E-state index in [4.69, 9.17) is 9.26 Å². The zero-order chi connectivity index (χ0) is 20.1. The molecular formula is C19H30N4O5. The highest BCUT2D eigenvalue weighted by Crippen LogP contribution is 2.24. The summed E-state index contributed by atoms with van der Waals surface area (Å²) in [6.45, 7) is 4.89. The first-order chi connectivity index (χ1) is 13.5. The Morgan fingerprint density at radius 2 is 1.96 bits per heavy atom. The first kappa shape index (κ1) is 20.6. The number of aliphatic hydroxyl groups is 1. The van der Waals surface area contributed by atoms with Gasteiger partial charge in [0.1, 0.15) is 17.5 Å². The van der Waals surface area contributed by atoms with Gasteiger partial charge in [-0.25, -0.2) is 4.79 Å². The second-order valence-corrected chi connectivity index (χ2v) is 7.61. The van der Waals surface area contributed by atoms with Crippen LogP contribution in [0.2, 0.25) is 0 Å². The van der Waals surface area contributed by atoms with E-state index >= 15 is 0 Å². The van der Waals surface area contributed by atoms with Crippen molar-refractivity contribution < 1.29 is 24.0 Å². The summed E-state index contributed by atoms with van der Waals surface area (Å²) in [5.74, 6) is 0.645. The summed E-state index contributed by atoms with van der Waals surface area (Å²) in [6, 6.07) is -0.726. The second kappa shape index (κ2) is 9.38. The van der Waals surface area contributed by atoms with Crippen LogP contribution < -0.4 is 10.6 Å². The molecule has 9 heteroatoms. The van der Waals surface area contributed by atoms with Crippen molar-refractivity contribution in [2.45, 2.75) is 70.6 Å². The molecule has 2 aliphatic rings. The minimum absolute atomic E-state index is 0.115. The Labute approximate surface area is 164 Å². The predicted octanol–water partition coefficient (Wildman–Crippen LogP) is 1.72. The number of aliphatic hydroxyl groups excluding tert-OH is 1. The molecule has 2 saturated heterocycles. The molecule has 3 amide bonds. The standard InChI is InChI=1S/C19H30N4O5/c1-12-18(13(2)28-22-12)21-19(26)20-15-7-6-14(27-16(15)11-24)10-17(25)23-8-4-3-5-9-23/h14-16,24H,3-11H2,1-2H3,(H2,20,21,26)/t14-,15+,16+/m0/s1. The van der Waals surface area contributed by atoms with Gasteiger partial charge in [-0.2, -0.15) is 0 Å². The Kier molecular flexibility index (Phi) is 6.90. The lowest BCUT2D eigenvalue weighted by Gasteiger charge is -2.37. The topological polar surface area (TPSA) is 117 Å². The van der Waals surface area contributed by atoms with E-state index in [0.29, 0.717) is 36.4 Å². The summed E-state index contributed by atoms with van der Waals surface area (Å²) in [5.41, 5.74) is 1.14.